The van der Waals surface area contributed by atoms with Crippen molar-refractivity contribution in [3.63, 3.8) is 0 Å². The van der Waals surface area contributed by atoms with Gasteiger partial charge in [-0.2, -0.15) is 0 Å². The van der Waals surface area contributed by atoms with E-state index in [1.54, 1.807) is 0 Å². The lowest BCUT2D eigenvalue weighted by molar-refractivity contribution is -0.159. The number of carbonyl (C=O) groups excluding carboxylic acids is 2. The Bertz CT molecular complexity index is 546. The maximum Gasteiger partial charge on any atom is 0.313 e. The number of allylic oxidation sites excluding steroid dienone is 8. The zero-order valence-corrected chi connectivity index (χ0v) is 23.0. The Morgan fingerprint density at radius 3 is 1.14 bits per heavy atom. The Balaban J connectivity index is 3.49. The molecule has 0 N–H and O–H groups in total. The highest BCUT2D eigenvalue weighted by atomic mass is 16.6. The van der Waals surface area contributed by atoms with Gasteiger partial charge in [-0.05, 0) is 77.0 Å². The molecule has 0 amide bonds. The SMILES string of the molecule is CCCCCC=CCC=CCCCCCC(=O)OC(=O)CCCCCC=CCC=CCCCCC. The minimum Gasteiger partial charge on any atom is -0.393 e. The molecule has 0 saturated carbocycles. The van der Waals surface area contributed by atoms with Crippen molar-refractivity contribution in [2.24, 2.45) is 0 Å². The minimum absolute atomic E-state index is 0.341. The van der Waals surface area contributed by atoms with Gasteiger partial charge in [0.15, 0.2) is 0 Å². The summed E-state index contributed by atoms with van der Waals surface area (Å²) in [7, 11) is 0. The minimum atomic E-state index is -0.371. The van der Waals surface area contributed by atoms with Crippen LogP contribution in [0.2, 0.25) is 0 Å². The molecule has 35 heavy (non-hydrogen) atoms. The Morgan fingerprint density at radius 2 is 0.800 bits per heavy atom. The van der Waals surface area contributed by atoms with Crippen molar-refractivity contribution in [2.45, 2.75) is 142 Å². The summed E-state index contributed by atoms with van der Waals surface area (Å²) in [6, 6.07) is 0. The maximum atomic E-state index is 11.8. The van der Waals surface area contributed by atoms with E-state index < -0.39 is 0 Å². The topological polar surface area (TPSA) is 43.4 Å². The second kappa shape index (κ2) is 28.3. The Labute approximate surface area is 217 Å². The van der Waals surface area contributed by atoms with E-state index in [4.69, 9.17) is 4.74 Å². The van der Waals surface area contributed by atoms with Gasteiger partial charge in [-0.3, -0.25) is 9.59 Å². The quantitative estimate of drug-likeness (QED) is 0.0590. The number of carbonyl (C=O) groups is 2. The van der Waals surface area contributed by atoms with Gasteiger partial charge < -0.3 is 4.74 Å². The van der Waals surface area contributed by atoms with Crippen molar-refractivity contribution in [1.29, 1.82) is 0 Å². The van der Waals surface area contributed by atoms with E-state index in [0.717, 1.165) is 64.2 Å². The van der Waals surface area contributed by atoms with Crippen LogP contribution in [-0.4, -0.2) is 11.9 Å². The van der Waals surface area contributed by atoms with Crippen LogP contribution in [0.3, 0.4) is 0 Å². The summed E-state index contributed by atoms with van der Waals surface area (Å²) in [6.45, 7) is 4.46. The van der Waals surface area contributed by atoms with E-state index in [1.165, 1.54) is 51.4 Å². The fraction of sp³-hybridized carbons (Fsp3) is 0.688. The highest BCUT2D eigenvalue weighted by molar-refractivity contribution is 5.85. The fourth-order valence-electron chi connectivity index (χ4n) is 3.68. The summed E-state index contributed by atoms with van der Waals surface area (Å²) in [5.41, 5.74) is 0. The molecule has 0 aromatic rings. The van der Waals surface area contributed by atoms with Gasteiger partial charge in [0, 0.05) is 12.8 Å². The number of unbranched alkanes of at least 4 members (excludes halogenated alkanes) is 12. The van der Waals surface area contributed by atoms with Crippen molar-refractivity contribution >= 4 is 11.9 Å². The van der Waals surface area contributed by atoms with Crippen LogP contribution >= 0.6 is 0 Å². The second-order valence-electron chi connectivity index (χ2n) is 9.39. The molecular weight excluding hydrogens is 432 g/mol. The maximum absolute atomic E-state index is 11.8. The molecule has 0 spiro atoms. The Hall–Kier alpha value is -1.90. The van der Waals surface area contributed by atoms with Crippen LogP contribution in [0.15, 0.2) is 48.6 Å². The van der Waals surface area contributed by atoms with Crippen molar-refractivity contribution in [3.8, 4) is 0 Å². The highest BCUT2D eigenvalue weighted by Gasteiger charge is 2.09. The monoisotopic (exact) mass is 486 g/mol. The van der Waals surface area contributed by atoms with Gasteiger partial charge in [-0.1, -0.05) is 101 Å². The van der Waals surface area contributed by atoms with Crippen molar-refractivity contribution in [3.05, 3.63) is 48.6 Å². The summed E-state index contributed by atoms with van der Waals surface area (Å²) < 4.78 is 4.94. The van der Waals surface area contributed by atoms with Gasteiger partial charge in [0.25, 0.3) is 0 Å². The number of ether oxygens (including phenoxy) is 1. The van der Waals surface area contributed by atoms with E-state index in [1.807, 2.05) is 0 Å². The molecule has 0 aromatic carbocycles. The molecule has 0 unspecified atom stereocenters. The van der Waals surface area contributed by atoms with Crippen molar-refractivity contribution in [2.75, 3.05) is 0 Å². The number of hydrogen-bond donors (Lipinski definition) is 0. The van der Waals surface area contributed by atoms with E-state index in [-0.39, 0.29) is 11.9 Å². The number of esters is 2. The largest absolute Gasteiger partial charge is 0.393 e. The van der Waals surface area contributed by atoms with Gasteiger partial charge >= 0.3 is 11.9 Å². The molecule has 0 rings (SSSR count). The molecule has 0 fully saturated rings. The predicted octanol–water partition coefficient (Wildman–Crippen LogP) is 10.1. The summed E-state index contributed by atoms with van der Waals surface area (Å²) in [5.74, 6) is -0.742. The second-order valence-corrected chi connectivity index (χ2v) is 9.39. The molecule has 0 aromatic heterocycles. The van der Waals surface area contributed by atoms with Gasteiger partial charge in [-0.25, -0.2) is 0 Å². The summed E-state index contributed by atoms with van der Waals surface area (Å²) in [6.07, 6.45) is 38.6. The molecule has 0 atom stereocenters. The van der Waals surface area contributed by atoms with Crippen molar-refractivity contribution in [1.82, 2.24) is 0 Å². The Kier molecular flexibility index (Phi) is 26.8. The van der Waals surface area contributed by atoms with E-state index in [9.17, 15) is 9.59 Å². The predicted molar refractivity (Wildman–Crippen MR) is 151 cm³/mol. The third-order valence-corrected chi connectivity index (χ3v) is 5.89. The van der Waals surface area contributed by atoms with Crippen LogP contribution in [0.25, 0.3) is 0 Å². The van der Waals surface area contributed by atoms with E-state index in [0.29, 0.717) is 12.8 Å². The smallest absolute Gasteiger partial charge is 0.313 e. The van der Waals surface area contributed by atoms with Crippen molar-refractivity contribution < 1.29 is 14.3 Å². The first-order chi connectivity index (χ1) is 17.2. The Morgan fingerprint density at radius 1 is 0.457 bits per heavy atom. The van der Waals surface area contributed by atoms with E-state index in [2.05, 4.69) is 62.5 Å². The van der Waals surface area contributed by atoms with Crippen LogP contribution in [0.5, 0.6) is 0 Å². The molecule has 3 heteroatoms. The van der Waals surface area contributed by atoms with Gasteiger partial charge in [0.2, 0.25) is 0 Å². The fourth-order valence-corrected chi connectivity index (χ4v) is 3.68. The van der Waals surface area contributed by atoms with Gasteiger partial charge in [-0.15, -0.1) is 0 Å². The molecule has 200 valence electrons. The molecular formula is C32H54O3. The van der Waals surface area contributed by atoms with E-state index >= 15 is 0 Å². The van der Waals surface area contributed by atoms with Crippen LogP contribution < -0.4 is 0 Å². The summed E-state index contributed by atoms with van der Waals surface area (Å²) >= 11 is 0. The lowest BCUT2D eigenvalue weighted by Crippen LogP contribution is -2.11. The summed E-state index contributed by atoms with van der Waals surface area (Å²) in [4.78, 5) is 23.6. The molecule has 3 nitrogen and oxygen atoms in total. The molecule has 0 aliphatic carbocycles. The zero-order valence-electron chi connectivity index (χ0n) is 23.0. The summed E-state index contributed by atoms with van der Waals surface area (Å²) in [5, 5.41) is 0. The van der Waals surface area contributed by atoms with Crippen LogP contribution in [-0.2, 0) is 14.3 Å². The normalized spacial score (nSPS) is 12.1. The average molecular weight is 487 g/mol. The van der Waals surface area contributed by atoms with Crippen LogP contribution in [0, 0.1) is 0 Å². The molecule has 0 saturated heterocycles. The lowest BCUT2D eigenvalue weighted by Gasteiger charge is -2.03. The first kappa shape index (κ1) is 33.1. The highest BCUT2D eigenvalue weighted by Crippen LogP contribution is 2.09. The van der Waals surface area contributed by atoms with Crippen LogP contribution in [0.4, 0.5) is 0 Å². The molecule has 0 aliphatic heterocycles. The van der Waals surface area contributed by atoms with Gasteiger partial charge in [0.1, 0.15) is 0 Å². The standard InChI is InChI=1S/C32H54O3/c1-3-5-7-9-11-13-15-17-19-21-23-25-27-29-31(33)35-32(34)30-28-26-24-22-20-18-16-14-12-10-8-6-4-2/h11-14,17-20H,3-10,15-16,21-30H2,1-2H3. The molecule has 0 radical (unpaired) electrons. The first-order valence-corrected chi connectivity index (χ1v) is 14.5. The third-order valence-electron chi connectivity index (χ3n) is 5.89. The first-order valence-electron chi connectivity index (χ1n) is 14.5. The lowest BCUT2D eigenvalue weighted by atomic mass is 10.1. The average Bonchev–Trinajstić information content (AvgIpc) is 2.85. The zero-order chi connectivity index (χ0) is 25.7. The number of rotatable bonds is 24. The molecule has 0 bridgehead atoms. The van der Waals surface area contributed by atoms with Gasteiger partial charge in [0.05, 0.1) is 0 Å². The van der Waals surface area contributed by atoms with Crippen LogP contribution in [0.1, 0.15) is 142 Å². The number of hydrogen-bond acceptors (Lipinski definition) is 3. The molecule has 0 aliphatic rings. The third kappa shape index (κ3) is 28.2. The molecule has 0 heterocycles.